The van der Waals surface area contributed by atoms with Crippen LogP contribution in [0.25, 0.3) is 5.69 Å². The number of carbonyl (C=O) groups is 1. The summed E-state index contributed by atoms with van der Waals surface area (Å²) in [6.45, 7) is 1.81. The van der Waals surface area contributed by atoms with Crippen LogP contribution in [-0.4, -0.2) is 27.4 Å². The number of halogens is 1. The number of hydrogen-bond donors (Lipinski definition) is 2. The van der Waals surface area contributed by atoms with Gasteiger partial charge in [0.1, 0.15) is 5.76 Å². The number of anilines is 2. The van der Waals surface area contributed by atoms with Crippen molar-refractivity contribution >= 4 is 29.0 Å². The second kappa shape index (κ2) is 6.53. The first-order chi connectivity index (χ1) is 11.1. The fourth-order valence-corrected chi connectivity index (χ4v) is 2.22. The summed E-state index contributed by atoms with van der Waals surface area (Å²) in [6, 6.07) is 8.80. The smallest absolute Gasteiger partial charge is 0.244 e. The molecular weight excluding hydrogens is 318 g/mol. The summed E-state index contributed by atoms with van der Waals surface area (Å²) in [6.07, 6.45) is 3.49. The molecule has 0 unspecified atom stereocenters. The highest BCUT2D eigenvalue weighted by molar-refractivity contribution is 6.31. The molecule has 0 bridgehead atoms. The third kappa shape index (κ3) is 3.70. The first-order valence-corrected chi connectivity index (χ1v) is 7.26. The van der Waals surface area contributed by atoms with Gasteiger partial charge in [-0.15, -0.1) is 0 Å². The molecule has 23 heavy (non-hydrogen) atoms. The molecule has 2 aromatic heterocycles. The van der Waals surface area contributed by atoms with Crippen molar-refractivity contribution in [2.45, 2.75) is 6.92 Å². The maximum Gasteiger partial charge on any atom is 0.244 e. The van der Waals surface area contributed by atoms with Crippen LogP contribution in [0.4, 0.5) is 11.5 Å². The van der Waals surface area contributed by atoms with E-state index in [0.29, 0.717) is 22.3 Å². The molecule has 118 valence electrons. The van der Waals surface area contributed by atoms with Crippen LogP contribution >= 0.6 is 11.6 Å². The molecule has 1 amide bonds. The number of aromatic nitrogens is 3. The quantitative estimate of drug-likeness (QED) is 0.751. The number of hydrogen-bond acceptors (Lipinski definition) is 5. The van der Waals surface area contributed by atoms with E-state index < -0.39 is 0 Å². The van der Waals surface area contributed by atoms with Gasteiger partial charge in [-0.25, -0.2) is 4.68 Å². The Bertz CT molecular complexity index is 813. The summed E-state index contributed by atoms with van der Waals surface area (Å²) in [5.41, 5.74) is 1.50. The standard InChI is InChI=1S/C15H14ClN5O2/c1-10-7-14(20-23-10)19-15(22)9-17-12-8-11(16)3-4-13(12)21-6-2-5-18-21/h2-8,17H,9H2,1H3,(H,19,20,22). The second-order valence-corrected chi connectivity index (χ2v) is 5.27. The zero-order valence-corrected chi connectivity index (χ0v) is 13.0. The van der Waals surface area contributed by atoms with E-state index >= 15 is 0 Å². The Balaban J connectivity index is 1.70. The van der Waals surface area contributed by atoms with Crippen molar-refractivity contribution in [3.8, 4) is 5.69 Å². The van der Waals surface area contributed by atoms with Gasteiger partial charge in [0, 0.05) is 23.5 Å². The molecule has 0 aliphatic rings. The van der Waals surface area contributed by atoms with Crippen LogP contribution in [0.2, 0.25) is 5.02 Å². The lowest BCUT2D eigenvalue weighted by atomic mass is 10.2. The fourth-order valence-electron chi connectivity index (χ4n) is 2.05. The van der Waals surface area contributed by atoms with Gasteiger partial charge in [0.2, 0.25) is 5.91 Å². The molecule has 0 spiro atoms. The van der Waals surface area contributed by atoms with Crippen molar-refractivity contribution in [1.29, 1.82) is 0 Å². The van der Waals surface area contributed by atoms with E-state index in [1.165, 1.54) is 0 Å². The fraction of sp³-hybridized carbons (Fsp3) is 0.133. The average molecular weight is 332 g/mol. The number of benzene rings is 1. The molecule has 0 saturated carbocycles. The van der Waals surface area contributed by atoms with Crippen molar-refractivity contribution < 1.29 is 9.32 Å². The molecule has 3 rings (SSSR count). The van der Waals surface area contributed by atoms with Gasteiger partial charge in [-0.2, -0.15) is 5.10 Å². The Kier molecular flexibility index (Phi) is 4.29. The van der Waals surface area contributed by atoms with Crippen LogP contribution in [-0.2, 0) is 4.79 Å². The van der Waals surface area contributed by atoms with Crippen molar-refractivity contribution in [2.75, 3.05) is 17.2 Å². The van der Waals surface area contributed by atoms with Crippen LogP contribution in [0.5, 0.6) is 0 Å². The zero-order valence-electron chi connectivity index (χ0n) is 12.3. The molecule has 2 heterocycles. The predicted molar refractivity (Wildman–Crippen MR) is 86.9 cm³/mol. The molecule has 7 nitrogen and oxygen atoms in total. The molecule has 0 fully saturated rings. The van der Waals surface area contributed by atoms with Crippen LogP contribution in [0.15, 0.2) is 47.2 Å². The minimum absolute atomic E-state index is 0.0561. The Morgan fingerprint density at radius 1 is 1.39 bits per heavy atom. The van der Waals surface area contributed by atoms with Crippen molar-refractivity contribution in [3.63, 3.8) is 0 Å². The minimum Gasteiger partial charge on any atom is -0.374 e. The molecule has 8 heteroatoms. The van der Waals surface area contributed by atoms with Crippen LogP contribution in [0.1, 0.15) is 5.76 Å². The number of nitrogens with zero attached hydrogens (tertiary/aromatic N) is 3. The Morgan fingerprint density at radius 3 is 2.96 bits per heavy atom. The highest BCUT2D eigenvalue weighted by Gasteiger charge is 2.09. The first kappa shape index (κ1) is 15.1. The maximum atomic E-state index is 12.0. The third-order valence-corrected chi connectivity index (χ3v) is 3.28. The van der Waals surface area contributed by atoms with E-state index in [2.05, 4.69) is 20.9 Å². The number of nitrogens with one attached hydrogen (secondary N) is 2. The topological polar surface area (TPSA) is 85.0 Å². The van der Waals surface area contributed by atoms with Gasteiger partial charge in [-0.05, 0) is 31.2 Å². The second-order valence-electron chi connectivity index (χ2n) is 4.84. The van der Waals surface area contributed by atoms with Gasteiger partial charge in [0.15, 0.2) is 5.82 Å². The molecule has 0 atom stereocenters. The monoisotopic (exact) mass is 331 g/mol. The number of rotatable bonds is 5. The van der Waals surface area contributed by atoms with Crippen LogP contribution < -0.4 is 10.6 Å². The molecule has 0 saturated heterocycles. The first-order valence-electron chi connectivity index (χ1n) is 6.88. The summed E-state index contributed by atoms with van der Waals surface area (Å²) in [4.78, 5) is 12.0. The lowest BCUT2D eigenvalue weighted by Gasteiger charge is -2.12. The van der Waals surface area contributed by atoms with Gasteiger partial charge in [-0.1, -0.05) is 16.8 Å². The average Bonchev–Trinajstić information content (AvgIpc) is 3.17. The third-order valence-electron chi connectivity index (χ3n) is 3.04. The Labute approximate surface area is 137 Å². The van der Waals surface area contributed by atoms with Gasteiger partial charge >= 0.3 is 0 Å². The van der Waals surface area contributed by atoms with Gasteiger partial charge in [0.05, 0.1) is 17.9 Å². The number of aryl methyl sites for hydroxylation is 1. The Hall–Kier alpha value is -2.80. The Morgan fingerprint density at radius 2 is 2.26 bits per heavy atom. The molecule has 0 aliphatic heterocycles. The molecule has 2 N–H and O–H groups in total. The summed E-state index contributed by atoms with van der Waals surface area (Å²) in [5.74, 6) is 0.765. The number of amides is 1. The molecule has 0 aliphatic carbocycles. The van der Waals surface area contributed by atoms with E-state index in [1.807, 2.05) is 18.3 Å². The summed E-state index contributed by atoms with van der Waals surface area (Å²) < 4.78 is 6.59. The zero-order chi connectivity index (χ0) is 16.2. The highest BCUT2D eigenvalue weighted by atomic mass is 35.5. The van der Waals surface area contributed by atoms with Crippen molar-refractivity contribution in [1.82, 2.24) is 14.9 Å². The molecule has 0 radical (unpaired) electrons. The molecule has 3 aromatic rings. The summed E-state index contributed by atoms with van der Waals surface area (Å²) in [7, 11) is 0. The van der Waals surface area contributed by atoms with Gasteiger partial charge < -0.3 is 15.2 Å². The highest BCUT2D eigenvalue weighted by Crippen LogP contribution is 2.24. The van der Waals surface area contributed by atoms with Crippen LogP contribution in [0, 0.1) is 6.92 Å². The SMILES string of the molecule is Cc1cc(NC(=O)CNc2cc(Cl)ccc2-n2cccn2)no1. The van der Waals surface area contributed by atoms with E-state index in [0.717, 1.165) is 5.69 Å². The van der Waals surface area contributed by atoms with E-state index in [1.54, 1.807) is 36.0 Å². The van der Waals surface area contributed by atoms with Gasteiger partial charge in [0.25, 0.3) is 0 Å². The molecular formula is C15H14ClN5O2. The van der Waals surface area contributed by atoms with E-state index in [-0.39, 0.29) is 12.5 Å². The maximum absolute atomic E-state index is 12.0. The lowest BCUT2D eigenvalue weighted by Crippen LogP contribution is -2.22. The summed E-state index contributed by atoms with van der Waals surface area (Å²) in [5, 5.41) is 14.2. The van der Waals surface area contributed by atoms with Crippen LogP contribution in [0.3, 0.4) is 0 Å². The van der Waals surface area contributed by atoms with Gasteiger partial charge in [-0.3, -0.25) is 4.79 Å². The lowest BCUT2D eigenvalue weighted by molar-refractivity contribution is -0.114. The van der Waals surface area contributed by atoms with E-state index in [9.17, 15) is 4.79 Å². The molecule has 1 aromatic carbocycles. The largest absolute Gasteiger partial charge is 0.374 e. The van der Waals surface area contributed by atoms with Crippen molar-refractivity contribution in [2.24, 2.45) is 0 Å². The minimum atomic E-state index is -0.246. The van der Waals surface area contributed by atoms with E-state index in [4.69, 9.17) is 16.1 Å². The predicted octanol–water partition coefficient (Wildman–Crippen LogP) is 2.87. The number of carbonyl (C=O) groups excluding carboxylic acids is 1. The van der Waals surface area contributed by atoms with Crippen molar-refractivity contribution in [3.05, 3.63) is 53.5 Å². The summed E-state index contributed by atoms with van der Waals surface area (Å²) >= 11 is 6.03. The normalized spacial score (nSPS) is 10.5.